The molecule has 20 heavy (non-hydrogen) atoms. The van der Waals surface area contributed by atoms with E-state index in [0.29, 0.717) is 12.5 Å². The van der Waals surface area contributed by atoms with Crippen LogP contribution >= 0.6 is 0 Å². The molecule has 0 spiro atoms. The van der Waals surface area contributed by atoms with Crippen LogP contribution in [0.15, 0.2) is 23.5 Å². The number of aliphatic imine (C=N–C) groups is 1. The molecule has 0 saturated heterocycles. The maximum Gasteiger partial charge on any atom is 0.191 e. The second kappa shape index (κ2) is 10.3. The summed E-state index contributed by atoms with van der Waals surface area (Å²) in [6, 6.07) is 1.94. The van der Waals surface area contributed by atoms with Crippen molar-refractivity contribution < 1.29 is 4.74 Å². The van der Waals surface area contributed by atoms with Crippen LogP contribution in [0.5, 0.6) is 0 Å². The topological polar surface area (TPSA) is 63.5 Å². The van der Waals surface area contributed by atoms with E-state index in [1.54, 1.807) is 13.2 Å². The molecule has 1 rings (SSSR count). The Morgan fingerprint density at radius 3 is 2.80 bits per heavy atom. The minimum atomic E-state index is 0.578. The zero-order chi connectivity index (χ0) is 14.6. The fourth-order valence-corrected chi connectivity index (χ4v) is 1.66. The average Bonchev–Trinajstić information content (AvgIpc) is 2.93. The minimum absolute atomic E-state index is 0.578. The van der Waals surface area contributed by atoms with E-state index >= 15 is 0 Å². The summed E-state index contributed by atoms with van der Waals surface area (Å²) in [5, 5.41) is 10.7. The Morgan fingerprint density at radius 2 is 2.15 bits per heavy atom. The monoisotopic (exact) mass is 281 g/mol. The highest BCUT2D eigenvalue weighted by atomic mass is 16.5. The average molecular weight is 281 g/mol. The van der Waals surface area contributed by atoms with Gasteiger partial charge in [-0.15, -0.1) is 0 Å². The van der Waals surface area contributed by atoms with E-state index in [4.69, 9.17) is 4.74 Å². The zero-order valence-corrected chi connectivity index (χ0v) is 12.8. The van der Waals surface area contributed by atoms with E-state index < -0.39 is 0 Å². The van der Waals surface area contributed by atoms with Crippen molar-refractivity contribution in [3.8, 4) is 0 Å². The number of hydrogen-bond acceptors (Lipinski definition) is 3. The van der Waals surface area contributed by atoms with Crippen LogP contribution < -0.4 is 10.6 Å². The third kappa shape index (κ3) is 7.78. The summed E-state index contributed by atoms with van der Waals surface area (Å²) >= 11 is 0. The molecule has 0 aliphatic heterocycles. The summed E-state index contributed by atoms with van der Waals surface area (Å²) in [7, 11) is 1.78. The molecule has 114 valence electrons. The highest BCUT2D eigenvalue weighted by molar-refractivity contribution is 5.79. The van der Waals surface area contributed by atoms with Gasteiger partial charge >= 0.3 is 0 Å². The Balaban J connectivity index is 2.02. The molecule has 6 heteroatoms. The Kier molecular flexibility index (Phi) is 8.46. The molecule has 1 aromatic heterocycles. The lowest BCUT2D eigenvalue weighted by molar-refractivity contribution is 0.114. The van der Waals surface area contributed by atoms with Gasteiger partial charge in [-0.2, -0.15) is 5.10 Å². The third-order valence-electron chi connectivity index (χ3n) is 2.63. The predicted octanol–water partition coefficient (Wildman–Crippen LogP) is 1.11. The molecule has 6 nitrogen and oxygen atoms in total. The van der Waals surface area contributed by atoms with Gasteiger partial charge in [0.15, 0.2) is 5.96 Å². The first-order valence-electron chi connectivity index (χ1n) is 7.22. The van der Waals surface area contributed by atoms with Crippen LogP contribution in [0.2, 0.25) is 0 Å². The van der Waals surface area contributed by atoms with Crippen molar-refractivity contribution in [2.75, 3.05) is 33.4 Å². The molecule has 2 N–H and O–H groups in total. The first-order chi connectivity index (χ1) is 9.72. The highest BCUT2D eigenvalue weighted by Crippen LogP contribution is 1.91. The van der Waals surface area contributed by atoms with Gasteiger partial charge in [0.2, 0.25) is 0 Å². The SMILES string of the molecule is CN=C(NCCCn1cccn1)NCCOCC(C)C. The number of ether oxygens (including phenoxy) is 1. The van der Waals surface area contributed by atoms with E-state index in [2.05, 4.69) is 34.6 Å². The fraction of sp³-hybridized carbons (Fsp3) is 0.714. The van der Waals surface area contributed by atoms with Crippen molar-refractivity contribution in [1.29, 1.82) is 0 Å². The van der Waals surface area contributed by atoms with Gasteiger partial charge in [-0.25, -0.2) is 0 Å². The zero-order valence-electron chi connectivity index (χ0n) is 12.8. The van der Waals surface area contributed by atoms with Crippen molar-refractivity contribution in [1.82, 2.24) is 20.4 Å². The molecule has 0 aliphatic carbocycles. The number of aryl methyl sites for hydroxylation is 1. The Hall–Kier alpha value is -1.56. The van der Waals surface area contributed by atoms with Gasteiger partial charge < -0.3 is 15.4 Å². The predicted molar refractivity (Wildman–Crippen MR) is 81.9 cm³/mol. The van der Waals surface area contributed by atoms with Gasteiger partial charge in [-0.05, 0) is 18.4 Å². The molecule has 0 aromatic carbocycles. The maximum absolute atomic E-state index is 5.51. The second-order valence-corrected chi connectivity index (χ2v) is 5.02. The van der Waals surface area contributed by atoms with E-state index in [1.807, 2.05) is 16.9 Å². The molecule has 0 aliphatic rings. The Bertz CT molecular complexity index is 362. The van der Waals surface area contributed by atoms with Crippen molar-refractivity contribution >= 4 is 5.96 Å². The summed E-state index contributed by atoms with van der Waals surface area (Å²) in [5.74, 6) is 1.40. The molecular formula is C14H27N5O. The molecule has 0 radical (unpaired) electrons. The van der Waals surface area contributed by atoms with Gasteiger partial charge in [0.05, 0.1) is 6.61 Å². The number of nitrogens with one attached hydrogen (secondary N) is 2. The molecule has 0 saturated carbocycles. The summed E-state index contributed by atoms with van der Waals surface area (Å²) in [4.78, 5) is 4.17. The number of hydrogen-bond donors (Lipinski definition) is 2. The van der Waals surface area contributed by atoms with Gasteiger partial charge in [0.25, 0.3) is 0 Å². The van der Waals surface area contributed by atoms with E-state index in [-0.39, 0.29) is 0 Å². The maximum atomic E-state index is 5.51. The van der Waals surface area contributed by atoms with Gasteiger partial charge in [0, 0.05) is 45.7 Å². The largest absolute Gasteiger partial charge is 0.379 e. The van der Waals surface area contributed by atoms with Crippen LogP contribution in [0, 0.1) is 5.92 Å². The number of rotatable bonds is 9. The van der Waals surface area contributed by atoms with Gasteiger partial charge in [0.1, 0.15) is 0 Å². The quantitative estimate of drug-likeness (QED) is 0.404. The first-order valence-corrected chi connectivity index (χ1v) is 7.22. The lowest BCUT2D eigenvalue weighted by atomic mass is 10.2. The summed E-state index contributed by atoms with van der Waals surface area (Å²) in [6.45, 7) is 8.34. The molecule has 0 unspecified atom stereocenters. The Labute approximate surface area is 121 Å². The molecule has 0 fully saturated rings. The Morgan fingerprint density at radius 1 is 1.35 bits per heavy atom. The van der Waals surface area contributed by atoms with E-state index in [9.17, 15) is 0 Å². The fourth-order valence-electron chi connectivity index (χ4n) is 1.66. The van der Waals surface area contributed by atoms with Crippen LogP contribution in [0.1, 0.15) is 20.3 Å². The third-order valence-corrected chi connectivity index (χ3v) is 2.63. The molecule has 0 atom stereocenters. The normalized spacial score (nSPS) is 11.9. The molecule has 1 heterocycles. The number of aromatic nitrogens is 2. The summed E-state index contributed by atoms with van der Waals surface area (Å²) in [5.41, 5.74) is 0. The van der Waals surface area contributed by atoms with Crippen LogP contribution in [-0.2, 0) is 11.3 Å². The molecular weight excluding hydrogens is 254 g/mol. The lowest BCUT2D eigenvalue weighted by Gasteiger charge is -2.12. The van der Waals surface area contributed by atoms with Crippen molar-refractivity contribution in [2.24, 2.45) is 10.9 Å². The minimum Gasteiger partial charge on any atom is -0.379 e. The van der Waals surface area contributed by atoms with E-state index in [0.717, 1.165) is 38.6 Å². The standard InChI is InChI=1S/C14H27N5O/c1-13(2)12-20-11-8-17-14(15-3)16-6-4-9-19-10-5-7-18-19/h5,7,10,13H,4,6,8-9,11-12H2,1-3H3,(H2,15,16,17). The van der Waals surface area contributed by atoms with E-state index in [1.165, 1.54) is 0 Å². The first kappa shape index (κ1) is 16.5. The summed E-state index contributed by atoms with van der Waals surface area (Å²) in [6.07, 6.45) is 4.77. The molecule has 0 amide bonds. The van der Waals surface area contributed by atoms with Gasteiger partial charge in [-0.3, -0.25) is 9.67 Å². The van der Waals surface area contributed by atoms with Crippen molar-refractivity contribution in [3.05, 3.63) is 18.5 Å². The van der Waals surface area contributed by atoms with Crippen molar-refractivity contribution in [3.63, 3.8) is 0 Å². The number of guanidine groups is 1. The smallest absolute Gasteiger partial charge is 0.191 e. The lowest BCUT2D eigenvalue weighted by Crippen LogP contribution is -2.39. The number of nitrogens with zero attached hydrogens (tertiary/aromatic N) is 3. The summed E-state index contributed by atoms with van der Waals surface area (Å²) < 4.78 is 7.44. The molecule has 1 aromatic rings. The van der Waals surface area contributed by atoms with Crippen LogP contribution in [0.25, 0.3) is 0 Å². The van der Waals surface area contributed by atoms with Crippen molar-refractivity contribution in [2.45, 2.75) is 26.8 Å². The van der Waals surface area contributed by atoms with Gasteiger partial charge in [-0.1, -0.05) is 13.8 Å². The second-order valence-electron chi connectivity index (χ2n) is 5.02. The molecule has 0 bridgehead atoms. The van der Waals surface area contributed by atoms with Crippen LogP contribution in [-0.4, -0.2) is 49.1 Å². The van der Waals surface area contributed by atoms with Crippen LogP contribution in [0.4, 0.5) is 0 Å². The van der Waals surface area contributed by atoms with Crippen LogP contribution in [0.3, 0.4) is 0 Å². The highest BCUT2D eigenvalue weighted by Gasteiger charge is 1.98.